The number of amides is 1. The van der Waals surface area contributed by atoms with Crippen molar-refractivity contribution >= 4 is 12.2 Å². The first-order valence-electron chi connectivity index (χ1n) is 4.83. The van der Waals surface area contributed by atoms with E-state index in [1.807, 2.05) is 13.0 Å². The summed E-state index contributed by atoms with van der Waals surface area (Å²) >= 11 is 0. The summed E-state index contributed by atoms with van der Waals surface area (Å²) in [4.78, 5) is 12.9. The van der Waals surface area contributed by atoms with Crippen molar-refractivity contribution in [3.8, 4) is 0 Å². The maximum absolute atomic E-state index is 11.3. The lowest BCUT2D eigenvalue weighted by molar-refractivity contribution is 0.138. The Labute approximate surface area is 89.0 Å². The summed E-state index contributed by atoms with van der Waals surface area (Å²) in [6.07, 6.45) is 3.36. The average molecular weight is 203 g/mol. The number of methoxy groups -OCH3 is 1. The highest BCUT2D eigenvalue weighted by molar-refractivity contribution is 5.72. The van der Waals surface area contributed by atoms with Crippen LogP contribution in [0.2, 0.25) is 0 Å². The standard InChI is InChI=1S/C12H13NO2/c1-9-3-4-10-5-6-13(12(14)15-2)8-11(10)7-9/h3-7H,8H2,1-2H3. The Morgan fingerprint density at radius 2 is 2.27 bits per heavy atom. The molecular formula is C12H13NO2. The molecule has 3 heteroatoms. The Hall–Kier alpha value is -1.77. The molecule has 1 amide bonds. The molecule has 0 saturated heterocycles. The molecule has 0 bridgehead atoms. The fraction of sp³-hybridized carbons (Fsp3) is 0.250. The van der Waals surface area contributed by atoms with Crippen LogP contribution in [0.15, 0.2) is 24.4 Å². The Morgan fingerprint density at radius 3 is 3.00 bits per heavy atom. The second-order valence-corrected chi connectivity index (χ2v) is 3.62. The molecule has 0 atom stereocenters. The zero-order valence-electron chi connectivity index (χ0n) is 8.86. The lowest BCUT2D eigenvalue weighted by Gasteiger charge is -2.22. The first-order chi connectivity index (χ1) is 7.20. The number of nitrogens with zero attached hydrogens (tertiary/aromatic N) is 1. The quantitative estimate of drug-likeness (QED) is 0.648. The summed E-state index contributed by atoms with van der Waals surface area (Å²) in [6, 6.07) is 6.22. The van der Waals surface area contributed by atoms with Crippen LogP contribution in [0, 0.1) is 6.92 Å². The van der Waals surface area contributed by atoms with Crippen LogP contribution in [-0.4, -0.2) is 18.1 Å². The number of ether oxygens (including phenoxy) is 1. The van der Waals surface area contributed by atoms with Crippen LogP contribution in [0.5, 0.6) is 0 Å². The summed E-state index contributed by atoms with van der Waals surface area (Å²) in [5.41, 5.74) is 3.53. The van der Waals surface area contributed by atoms with Crippen molar-refractivity contribution in [1.29, 1.82) is 0 Å². The van der Waals surface area contributed by atoms with Gasteiger partial charge in [-0.1, -0.05) is 23.8 Å². The summed E-state index contributed by atoms with van der Waals surface area (Å²) in [6.45, 7) is 2.63. The largest absolute Gasteiger partial charge is 0.452 e. The van der Waals surface area contributed by atoms with Crippen LogP contribution in [0.25, 0.3) is 6.08 Å². The van der Waals surface area contributed by atoms with Crippen molar-refractivity contribution in [3.63, 3.8) is 0 Å². The highest BCUT2D eigenvalue weighted by Gasteiger charge is 2.16. The van der Waals surface area contributed by atoms with E-state index in [2.05, 4.69) is 22.9 Å². The van der Waals surface area contributed by atoms with Crippen LogP contribution < -0.4 is 0 Å². The second-order valence-electron chi connectivity index (χ2n) is 3.62. The number of hydrogen-bond acceptors (Lipinski definition) is 2. The van der Waals surface area contributed by atoms with Gasteiger partial charge in [-0.15, -0.1) is 0 Å². The Bertz CT molecular complexity index is 424. The second kappa shape index (κ2) is 3.77. The minimum absolute atomic E-state index is 0.321. The molecule has 1 aliphatic heterocycles. The molecule has 15 heavy (non-hydrogen) atoms. The molecule has 0 aliphatic carbocycles. The van der Waals surface area contributed by atoms with Gasteiger partial charge in [0.15, 0.2) is 0 Å². The molecular weight excluding hydrogens is 190 g/mol. The van der Waals surface area contributed by atoms with Crippen molar-refractivity contribution in [2.45, 2.75) is 13.5 Å². The van der Waals surface area contributed by atoms with Gasteiger partial charge in [-0.2, -0.15) is 0 Å². The van der Waals surface area contributed by atoms with Gasteiger partial charge in [0.05, 0.1) is 13.7 Å². The number of hydrogen-bond donors (Lipinski definition) is 0. The summed E-state index contributed by atoms with van der Waals surface area (Å²) < 4.78 is 4.67. The molecule has 0 unspecified atom stereocenters. The minimum Gasteiger partial charge on any atom is -0.452 e. The molecule has 0 saturated carbocycles. The first-order valence-corrected chi connectivity index (χ1v) is 4.83. The lowest BCUT2D eigenvalue weighted by atomic mass is 10.0. The van der Waals surface area contributed by atoms with E-state index in [4.69, 9.17) is 0 Å². The van der Waals surface area contributed by atoms with Gasteiger partial charge in [-0.05, 0) is 24.1 Å². The van der Waals surface area contributed by atoms with E-state index in [0.29, 0.717) is 6.54 Å². The van der Waals surface area contributed by atoms with Gasteiger partial charge in [-0.3, -0.25) is 4.90 Å². The van der Waals surface area contributed by atoms with Gasteiger partial charge >= 0.3 is 6.09 Å². The monoisotopic (exact) mass is 203 g/mol. The topological polar surface area (TPSA) is 29.5 Å². The maximum atomic E-state index is 11.3. The molecule has 1 aliphatic rings. The number of fused-ring (bicyclic) bond motifs is 1. The predicted octanol–water partition coefficient (Wildman–Crippen LogP) is 2.55. The van der Waals surface area contributed by atoms with Crippen LogP contribution >= 0.6 is 0 Å². The van der Waals surface area contributed by atoms with Crippen LogP contribution in [0.1, 0.15) is 16.7 Å². The van der Waals surface area contributed by atoms with E-state index < -0.39 is 0 Å². The molecule has 1 aromatic rings. The van der Waals surface area contributed by atoms with E-state index in [1.54, 1.807) is 11.1 Å². The average Bonchev–Trinajstić information content (AvgIpc) is 2.27. The summed E-state index contributed by atoms with van der Waals surface area (Å²) in [5.74, 6) is 0. The van der Waals surface area contributed by atoms with Gasteiger partial charge in [0.25, 0.3) is 0 Å². The van der Waals surface area contributed by atoms with Crippen molar-refractivity contribution in [2.75, 3.05) is 7.11 Å². The number of rotatable bonds is 0. The van der Waals surface area contributed by atoms with Gasteiger partial charge in [-0.25, -0.2) is 4.79 Å². The van der Waals surface area contributed by atoms with E-state index in [0.717, 1.165) is 5.56 Å². The van der Waals surface area contributed by atoms with Crippen LogP contribution in [-0.2, 0) is 11.3 Å². The van der Waals surface area contributed by atoms with E-state index in [9.17, 15) is 4.79 Å². The molecule has 0 aromatic heterocycles. The third-order valence-electron chi connectivity index (χ3n) is 2.48. The lowest BCUT2D eigenvalue weighted by Crippen LogP contribution is -2.27. The molecule has 2 rings (SSSR count). The molecule has 78 valence electrons. The van der Waals surface area contributed by atoms with Gasteiger partial charge in [0.1, 0.15) is 0 Å². The zero-order valence-corrected chi connectivity index (χ0v) is 8.86. The van der Waals surface area contributed by atoms with E-state index >= 15 is 0 Å². The molecule has 1 aromatic carbocycles. The third kappa shape index (κ3) is 1.86. The Morgan fingerprint density at radius 1 is 1.47 bits per heavy atom. The molecule has 1 heterocycles. The SMILES string of the molecule is COC(=O)N1C=Cc2ccc(C)cc2C1. The number of carbonyl (C=O) groups excluding carboxylic acids is 1. The molecule has 0 fully saturated rings. The predicted molar refractivity (Wildman–Crippen MR) is 58.2 cm³/mol. The smallest absolute Gasteiger partial charge is 0.413 e. The van der Waals surface area contributed by atoms with Crippen molar-refractivity contribution in [1.82, 2.24) is 4.90 Å². The van der Waals surface area contributed by atoms with Crippen LogP contribution in [0.3, 0.4) is 0 Å². The molecule has 3 nitrogen and oxygen atoms in total. The van der Waals surface area contributed by atoms with Gasteiger partial charge in [0.2, 0.25) is 0 Å². The van der Waals surface area contributed by atoms with Gasteiger partial charge < -0.3 is 4.74 Å². The van der Waals surface area contributed by atoms with E-state index in [1.165, 1.54) is 18.2 Å². The Balaban J connectivity index is 2.29. The van der Waals surface area contributed by atoms with Gasteiger partial charge in [0, 0.05) is 6.20 Å². The van der Waals surface area contributed by atoms with Crippen LogP contribution in [0.4, 0.5) is 4.79 Å². The Kier molecular flexibility index (Phi) is 2.46. The number of aryl methyl sites for hydroxylation is 1. The summed E-state index contributed by atoms with van der Waals surface area (Å²) in [5, 5.41) is 0. The molecule has 0 spiro atoms. The number of carbonyl (C=O) groups is 1. The minimum atomic E-state index is -0.321. The third-order valence-corrected chi connectivity index (χ3v) is 2.48. The highest BCUT2D eigenvalue weighted by atomic mass is 16.5. The maximum Gasteiger partial charge on any atom is 0.413 e. The number of benzene rings is 1. The van der Waals surface area contributed by atoms with Crippen molar-refractivity contribution in [2.24, 2.45) is 0 Å². The molecule has 0 N–H and O–H groups in total. The van der Waals surface area contributed by atoms with E-state index in [-0.39, 0.29) is 6.09 Å². The zero-order chi connectivity index (χ0) is 10.8. The van der Waals surface area contributed by atoms with Crippen molar-refractivity contribution in [3.05, 3.63) is 41.1 Å². The first kappa shape index (κ1) is 9.77. The van der Waals surface area contributed by atoms with Crippen molar-refractivity contribution < 1.29 is 9.53 Å². The normalized spacial score (nSPS) is 13.6. The fourth-order valence-corrected chi connectivity index (χ4v) is 1.68. The highest BCUT2D eigenvalue weighted by Crippen LogP contribution is 2.21. The fourth-order valence-electron chi connectivity index (χ4n) is 1.68. The summed E-state index contributed by atoms with van der Waals surface area (Å²) in [7, 11) is 1.39. The molecule has 0 radical (unpaired) electrons.